The Bertz CT molecular complexity index is 1460. The minimum atomic E-state index is -0.446. The SMILES string of the molecule is CC1=C(c2nc(-c3cccc(C)c3)no2)C(c2ccc(C)cc2)NC(=O)N1c1ccc(Cl)c(C)c1. The molecule has 0 radical (unpaired) electrons. The van der Waals surface area contributed by atoms with Crippen molar-refractivity contribution in [3.05, 3.63) is 106 Å². The molecule has 2 amide bonds. The number of aryl methyl sites for hydroxylation is 3. The molecule has 4 aromatic rings. The van der Waals surface area contributed by atoms with Gasteiger partial charge in [0.05, 0.1) is 17.3 Å². The Hall–Kier alpha value is -3.90. The summed E-state index contributed by atoms with van der Waals surface area (Å²) in [4.78, 5) is 19.7. The molecule has 0 aliphatic carbocycles. The predicted octanol–water partition coefficient (Wildman–Crippen LogP) is 7.02. The number of urea groups is 1. The summed E-state index contributed by atoms with van der Waals surface area (Å²) >= 11 is 6.24. The summed E-state index contributed by atoms with van der Waals surface area (Å²) in [7, 11) is 0. The maximum absolute atomic E-state index is 13.4. The Balaban J connectivity index is 1.66. The lowest BCUT2D eigenvalue weighted by Crippen LogP contribution is -2.46. The number of rotatable bonds is 4. The van der Waals surface area contributed by atoms with Gasteiger partial charge in [0, 0.05) is 16.3 Å². The molecule has 5 rings (SSSR count). The van der Waals surface area contributed by atoms with Gasteiger partial charge < -0.3 is 9.84 Å². The molecule has 1 unspecified atom stereocenters. The summed E-state index contributed by atoms with van der Waals surface area (Å²) in [5, 5.41) is 8.04. The molecule has 1 aliphatic heterocycles. The highest BCUT2D eigenvalue weighted by Gasteiger charge is 2.36. The second kappa shape index (κ2) is 9.04. The average molecular weight is 485 g/mol. The van der Waals surface area contributed by atoms with Crippen LogP contribution in [0.15, 0.2) is 77.0 Å². The molecule has 1 atom stereocenters. The first-order valence-corrected chi connectivity index (χ1v) is 11.7. The number of amides is 2. The van der Waals surface area contributed by atoms with Crippen molar-refractivity contribution in [2.45, 2.75) is 33.7 Å². The van der Waals surface area contributed by atoms with Crippen LogP contribution >= 0.6 is 11.6 Å². The molecule has 7 heteroatoms. The molecule has 1 aromatic heterocycles. The second-order valence-corrected chi connectivity index (χ2v) is 9.26. The number of anilines is 1. The van der Waals surface area contributed by atoms with E-state index in [0.717, 1.165) is 33.4 Å². The zero-order chi connectivity index (χ0) is 24.7. The minimum Gasteiger partial charge on any atom is -0.334 e. The van der Waals surface area contributed by atoms with Crippen molar-refractivity contribution < 1.29 is 9.32 Å². The molecular formula is C28H25ClN4O2. The number of benzene rings is 3. The third-order valence-electron chi connectivity index (χ3n) is 6.23. The number of nitrogens with zero attached hydrogens (tertiary/aromatic N) is 3. The predicted molar refractivity (Wildman–Crippen MR) is 138 cm³/mol. The van der Waals surface area contributed by atoms with E-state index in [-0.39, 0.29) is 6.03 Å². The molecule has 1 N–H and O–H groups in total. The van der Waals surface area contributed by atoms with Crippen LogP contribution < -0.4 is 10.2 Å². The zero-order valence-electron chi connectivity index (χ0n) is 20.0. The molecule has 1 aliphatic rings. The van der Waals surface area contributed by atoms with Crippen molar-refractivity contribution >= 4 is 28.9 Å². The van der Waals surface area contributed by atoms with Crippen LogP contribution in [0.1, 0.15) is 41.1 Å². The highest BCUT2D eigenvalue weighted by atomic mass is 35.5. The zero-order valence-corrected chi connectivity index (χ0v) is 20.7. The van der Waals surface area contributed by atoms with Crippen molar-refractivity contribution in [3.8, 4) is 11.4 Å². The van der Waals surface area contributed by atoms with E-state index in [1.807, 2.05) is 88.4 Å². The molecule has 35 heavy (non-hydrogen) atoms. The van der Waals surface area contributed by atoms with Crippen LogP contribution in [-0.4, -0.2) is 16.2 Å². The third kappa shape index (κ3) is 4.33. The number of halogens is 1. The Morgan fingerprint density at radius 3 is 2.43 bits per heavy atom. The van der Waals surface area contributed by atoms with Gasteiger partial charge in [0.25, 0.3) is 5.89 Å². The molecule has 0 spiro atoms. The van der Waals surface area contributed by atoms with Crippen molar-refractivity contribution in [1.29, 1.82) is 0 Å². The monoisotopic (exact) mass is 484 g/mol. The Morgan fingerprint density at radius 2 is 1.71 bits per heavy atom. The third-order valence-corrected chi connectivity index (χ3v) is 6.65. The molecule has 2 heterocycles. The van der Waals surface area contributed by atoms with Gasteiger partial charge in [-0.05, 0) is 63.1 Å². The van der Waals surface area contributed by atoms with E-state index in [9.17, 15) is 4.79 Å². The van der Waals surface area contributed by atoms with Gasteiger partial charge in [-0.25, -0.2) is 4.79 Å². The van der Waals surface area contributed by atoms with Crippen molar-refractivity contribution in [2.75, 3.05) is 4.90 Å². The number of allylic oxidation sites excluding steroid dienone is 1. The maximum Gasteiger partial charge on any atom is 0.326 e. The summed E-state index contributed by atoms with van der Waals surface area (Å²) in [6, 6.07) is 20.8. The van der Waals surface area contributed by atoms with Crippen molar-refractivity contribution in [3.63, 3.8) is 0 Å². The first-order valence-electron chi connectivity index (χ1n) is 11.4. The largest absolute Gasteiger partial charge is 0.334 e. The number of aromatic nitrogens is 2. The van der Waals surface area contributed by atoms with Crippen LogP contribution in [0.2, 0.25) is 5.02 Å². The lowest BCUT2D eigenvalue weighted by atomic mass is 9.94. The van der Waals surface area contributed by atoms with Gasteiger partial charge in [0.2, 0.25) is 5.82 Å². The normalized spacial score (nSPS) is 16.0. The van der Waals surface area contributed by atoms with Crippen LogP contribution in [0.5, 0.6) is 0 Å². The topological polar surface area (TPSA) is 71.3 Å². The van der Waals surface area contributed by atoms with Gasteiger partial charge in [-0.15, -0.1) is 0 Å². The molecule has 176 valence electrons. The lowest BCUT2D eigenvalue weighted by Gasteiger charge is -2.35. The van der Waals surface area contributed by atoms with Gasteiger partial charge in [-0.3, -0.25) is 4.90 Å². The van der Waals surface area contributed by atoms with Crippen LogP contribution in [0.4, 0.5) is 10.5 Å². The Kier molecular flexibility index (Phi) is 5.91. The summed E-state index contributed by atoms with van der Waals surface area (Å²) < 4.78 is 5.79. The van der Waals surface area contributed by atoms with E-state index in [1.165, 1.54) is 0 Å². The summed E-state index contributed by atoms with van der Waals surface area (Å²) in [6.45, 7) is 7.86. The summed E-state index contributed by atoms with van der Waals surface area (Å²) in [5.41, 5.74) is 7.09. The molecule has 0 fully saturated rings. The molecule has 0 bridgehead atoms. The number of carbonyl (C=O) groups is 1. The number of carbonyl (C=O) groups excluding carboxylic acids is 1. The van der Waals surface area contributed by atoms with Crippen molar-refractivity contribution in [2.24, 2.45) is 0 Å². The van der Waals surface area contributed by atoms with E-state index in [2.05, 4.69) is 10.5 Å². The van der Waals surface area contributed by atoms with E-state index in [0.29, 0.717) is 28.1 Å². The first kappa shape index (κ1) is 22.9. The molecule has 0 saturated carbocycles. The van der Waals surface area contributed by atoms with Gasteiger partial charge in [-0.2, -0.15) is 4.98 Å². The highest BCUT2D eigenvalue weighted by molar-refractivity contribution is 6.31. The quantitative estimate of drug-likeness (QED) is 0.338. The minimum absolute atomic E-state index is 0.239. The van der Waals surface area contributed by atoms with Crippen LogP contribution in [0, 0.1) is 20.8 Å². The molecule has 3 aromatic carbocycles. The fourth-order valence-corrected chi connectivity index (χ4v) is 4.46. The fourth-order valence-electron chi connectivity index (χ4n) is 4.34. The van der Waals surface area contributed by atoms with Gasteiger partial charge in [-0.1, -0.05) is 70.3 Å². The maximum atomic E-state index is 13.4. The van der Waals surface area contributed by atoms with E-state index < -0.39 is 6.04 Å². The average Bonchev–Trinajstić information content (AvgIpc) is 3.31. The smallest absolute Gasteiger partial charge is 0.326 e. The van der Waals surface area contributed by atoms with E-state index >= 15 is 0 Å². The molecule has 6 nitrogen and oxygen atoms in total. The number of hydrogen-bond donors (Lipinski definition) is 1. The van der Waals surface area contributed by atoms with Gasteiger partial charge in [0.1, 0.15) is 0 Å². The molecular weight excluding hydrogens is 460 g/mol. The first-order chi connectivity index (χ1) is 16.8. The van der Waals surface area contributed by atoms with E-state index in [4.69, 9.17) is 21.1 Å². The van der Waals surface area contributed by atoms with Gasteiger partial charge in [0.15, 0.2) is 0 Å². The fraction of sp³-hybridized carbons (Fsp3) is 0.179. The summed E-state index contributed by atoms with van der Waals surface area (Å²) in [5.74, 6) is 0.859. The van der Waals surface area contributed by atoms with Gasteiger partial charge >= 0.3 is 6.03 Å². The second-order valence-electron chi connectivity index (χ2n) is 8.85. The summed E-state index contributed by atoms with van der Waals surface area (Å²) in [6.07, 6.45) is 0. The standard InChI is InChI=1S/C28H25ClN4O2/c1-16-8-10-20(11-9-16)25-24(27-31-26(32-35-27)21-7-5-6-17(2)14-21)19(4)33(28(34)30-25)22-12-13-23(29)18(3)15-22/h5-15,25H,1-4H3,(H,30,34). The van der Waals surface area contributed by atoms with Crippen molar-refractivity contribution in [1.82, 2.24) is 15.5 Å². The van der Waals surface area contributed by atoms with Crippen LogP contribution in [-0.2, 0) is 0 Å². The van der Waals surface area contributed by atoms with Crippen LogP contribution in [0.25, 0.3) is 17.0 Å². The lowest BCUT2D eigenvalue weighted by molar-refractivity contribution is 0.244. The Morgan fingerprint density at radius 1 is 0.943 bits per heavy atom. The Labute approximate surface area is 209 Å². The molecule has 0 saturated heterocycles. The van der Waals surface area contributed by atoms with E-state index in [1.54, 1.807) is 11.0 Å². The highest BCUT2D eigenvalue weighted by Crippen LogP contribution is 2.39. The number of hydrogen-bond acceptors (Lipinski definition) is 4. The van der Waals surface area contributed by atoms with Crippen LogP contribution in [0.3, 0.4) is 0 Å². The number of nitrogens with one attached hydrogen (secondary N) is 1.